The molecule has 4 nitrogen and oxygen atoms in total. The minimum atomic E-state index is -5.02. The van der Waals surface area contributed by atoms with Crippen LogP contribution in [0.5, 0.6) is 11.5 Å². The highest BCUT2D eigenvalue weighted by Crippen LogP contribution is 2.44. The molecule has 1 aliphatic heterocycles. The van der Waals surface area contributed by atoms with E-state index in [4.69, 9.17) is 14.2 Å². The molecule has 34 heavy (non-hydrogen) atoms. The molecule has 2 aromatic rings. The molecule has 0 radical (unpaired) electrons. The van der Waals surface area contributed by atoms with Crippen LogP contribution in [-0.4, -0.2) is 31.2 Å². The van der Waals surface area contributed by atoms with Gasteiger partial charge in [0.25, 0.3) is 0 Å². The number of rotatable bonds is 8. The fourth-order valence-electron chi connectivity index (χ4n) is 3.70. The number of hydrogen-bond donors (Lipinski definition) is 0. The van der Waals surface area contributed by atoms with Crippen molar-refractivity contribution < 1.29 is 45.3 Å². The number of halogens is 6. The highest BCUT2D eigenvalue weighted by atomic mass is 19.4. The fraction of sp³-hybridized carbons (Fsp3) is 0.375. The number of ketones is 1. The van der Waals surface area contributed by atoms with Gasteiger partial charge in [-0.2, -0.15) is 22.0 Å². The smallest absolute Gasteiger partial charge is 0.424 e. The van der Waals surface area contributed by atoms with Crippen LogP contribution in [-0.2, 0) is 10.9 Å². The highest BCUT2D eigenvalue weighted by molar-refractivity contribution is 5.94. The number of Topliss-reactive ketones (excluding diaryl/α,β-unsaturated/α-hetero) is 1. The Labute approximate surface area is 192 Å². The summed E-state index contributed by atoms with van der Waals surface area (Å²) >= 11 is 0. The minimum absolute atomic E-state index is 0.109. The SMILES string of the molecule is C=CCOc1ccc(C2CCC(C(F)(F)Oc3ccc(C(C)=O)cc3)OC2)c(C(F)(F)F)c1F. The average Bonchev–Trinajstić information content (AvgIpc) is 2.77. The Morgan fingerprint density at radius 2 is 1.79 bits per heavy atom. The van der Waals surface area contributed by atoms with E-state index >= 15 is 0 Å². The lowest BCUT2D eigenvalue weighted by molar-refractivity contribution is -0.262. The summed E-state index contributed by atoms with van der Waals surface area (Å²) in [5.74, 6) is -3.55. The van der Waals surface area contributed by atoms with Crippen LogP contribution in [0.15, 0.2) is 49.1 Å². The Hall–Kier alpha value is -3.01. The molecular formula is C24H22F6O4. The Morgan fingerprint density at radius 3 is 2.32 bits per heavy atom. The molecule has 0 bridgehead atoms. The van der Waals surface area contributed by atoms with E-state index in [0.717, 1.165) is 12.1 Å². The summed E-state index contributed by atoms with van der Waals surface area (Å²) in [5.41, 5.74) is -1.57. The van der Waals surface area contributed by atoms with E-state index in [1.807, 2.05) is 0 Å². The normalized spacial score (nSPS) is 18.9. The van der Waals surface area contributed by atoms with Gasteiger partial charge >= 0.3 is 12.3 Å². The standard InChI is InChI=1S/C24H22F6O4/c1-3-12-32-19-10-9-18(21(22(19)25)23(26,27)28)16-6-11-20(33-13-16)24(29,30)34-17-7-4-15(5-8-17)14(2)31/h3-5,7-10,16,20H,1,6,11-13H2,2H3. The van der Waals surface area contributed by atoms with Crippen molar-refractivity contribution in [2.75, 3.05) is 13.2 Å². The summed E-state index contributed by atoms with van der Waals surface area (Å²) in [6.07, 6.45) is -9.69. The van der Waals surface area contributed by atoms with Crippen LogP contribution in [0.3, 0.4) is 0 Å². The van der Waals surface area contributed by atoms with E-state index in [2.05, 4.69) is 6.58 Å². The monoisotopic (exact) mass is 488 g/mol. The number of carbonyl (C=O) groups is 1. The van der Waals surface area contributed by atoms with E-state index in [9.17, 15) is 31.1 Å². The van der Waals surface area contributed by atoms with Gasteiger partial charge in [-0.3, -0.25) is 4.79 Å². The van der Waals surface area contributed by atoms with Gasteiger partial charge in [0.2, 0.25) is 0 Å². The van der Waals surface area contributed by atoms with Gasteiger partial charge in [-0.05, 0) is 55.7 Å². The van der Waals surface area contributed by atoms with Gasteiger partial charge < -0.3 is 14.2 Å². The molecule has 0 amide bonds. The van der Waals surface area contributed by atoms with Crippen molar-refractivity contribution in [3.63, 3.8) is 0 Å². The highest BCUT2D eigenvalue weighted by Gasteiger charge is 2.47. The van der Waals surface area contributed by atoms with Crippen LogP contribution in [0.25, 0.3) is 0 Å². The number of ether oxygens (including phenoxy) is 3. The first kappa shape index (κ1) is 25.6. The Kier molecular flexibility index (Phi) is 7.60. The molecule has 0 aliphatic carbocycles. The van der Waals surface area contributed by atoms with Crippen LogP contribution >= 0.6 is 0 Å². The summed E-state index contributed by atoms with van der Waals surface area (Å²) in [5, 5.41) is 0. The summed E-state index contributed by atoms with van der Waals surface area (Å²) in [4.78, 5) is 11.3. The maximum atomic E-state index is 14.6. The van der Waals surface area contributed by atoms with Crippen LogP contribution in [0.2, 0.25) is 0 Å². The van der Waals surface area contributed by atoms with Gasteiger partial charge in [0.1, 0.15) is 12.4 Å². The second kappa shape index (κ2) is 10.1. The molecule has 1 fully saturated rings. The molecule has 2 unspecified atom stereocenters. The zero-order valence-electron chi connectivity index (χ0n) is 18.1. The molecule has 0 spiro atoms. The first-order chi connectivity index (χ1) is 15.9. The molecule has 10 heteroatoms. The maximum absolute atomic E-state index is 14.6. The summed E-state index contributed by atoms with van der Waals surface area (Å²) in [6, 6.07) is 7.24. The van der Waals surface area contributed by atoms with Gasteiger partial charge in [0, 0.05) is 11.5 Å². The lowest BCUT2D eigenvalue weighted by Gasteiger charge is -2.34. The van der Waals surface area contributed by atoms with Crippen LogP contribution in [0, 0.1) is 5.82 Å². The third-order valence-electron chi connectivity index (χ3n) is 5.38. The minimum Gasteiger partial charge on any atom is -0.486 e. The van der Waals surface area contributed by atoms with Crippen molar-refractivity contribution in [2.24, 2.45) is 0 Å². The lowest BCUT2D eigenvalue weighted by Crippen LogP contribution is -2.44. The number of alkyl halides is 5. The third kappa shape index (κ3) is 5.72. The van der Waals surface area contributed by atoms with Crippen molar-refractivity contribution in [1.29, 1.82) is 0 Å². The first-order valence-corrected chi connectivity index (χ1v) is 10.4. The van der Waals surface area contributed by atoms with E-state index < -0.39 is 53.6 Å². The predicted molar refractivity (Wildman–Crippen MR) is 111 cm³/mol. The second-order valence-electron chi connectivity index (χ2n) is 7.78. The molecule has 0 aromatic heterocycles. The lowest BCUT2D eigenvalue weighted by atomic mass is 9.87. The van der Waals surface area contributed by atoms with Gasteiger partial charge in [-0.25, -0.2) is 4.39 Å². The Bertz CT molecular complexity index is 1020. The summed E-state index contributed by atoms with van der Waals surface area (Å²) in [6.45, 7) is 4.02. The molecule has 184 valence electrons. The van der Waals surface area contributed by atoms with E-state index in [1.165, 1.54) is 37.3 Å². The van der Waals surface area contributed by atoms with E-state index in [-0.39, 0.29) is 31.0 Å². The molecule has 2 atom stereocenters. The number of benzene rings is 2. The fourth-order valence-corrected chi connectivity index (χ4v) is 3.70. The number of hydrogen-bond acceptors (Lipinski definition) is 4. The van der Waals surface area contributed by atoms with Crippen molar-refractivity contribution in [2.45, 2.75) is 44.1 Å². The first-order valence-electron chi connectivity index (χ1n) is 10.4. The molecule has 0 saturated carbocycles. The van der Waals surface area contributed by atoms with Crippen molar-refractivity contribution >= 4 is 5.78 Å². The third-order valence-corrected chi connectivity index (χ3v) is 5.38. The molecular weight excluding hydrogens is 466 g/mol. The molecule has 1 heterocycles. The van der Waals surface area contributed by atoms with Crippen molar-refractivity contribution in [3.8, 4) is 11.5 Å². The summed E-state index contributed by atoms with van der Waals surface area (Å²) in [7, 11) is 0. The molecule has 2 aromatic carbocycles. The van der Waals surface area contributed by atoms with E-state index in [0.29, 0.717) is 5.56 Å². The van der Waals surface area contributed by atoms with Gasteiger partial charge in [0.15, 0.2) is 23.5 Å². The van der Waals surface area contributed by atoms with E-state index in [1.54, 1.807) is 0 Å². The van der Waals surface area contributed by atoms with Crippen molar-refractivity contribution in [3.05, 3.63) is 71.6 Å². The summed E-state index contributed by atoms with van der Waals surface area (Å²) < 4.78 is 99.6. The van der Waals surface area contributed by atoms with Crippen LogP contribution < -0.4 is 9.47 Å². The topological polar surface area (TPSA) is 44.8 Å². The Balaban J connectivity index is 1.74. The maximum Gasteiger partial charge on any atom is 0.424 e. The average molecular weight is 488 g/mol. The molecule has 1 saturated heterocycles. The molecule has 1 aliphatic rings. The zero-order chi connectivity index (χ0) is 25.1. The Morgan fingerprint density at radius 1 is 1.12 bits per heavy atom. The van der Waals surface area contributed by atoms with Gasteiger partial charge in [-0.15, -0.1) is 0 Å². The largest absolute Gasteiger partial charge is 0.486 e. The molecule has 3 rings (SSSR count). The molecule has 0 N–H and O–H groups in total. The van der Waals surface area contributed by atoms with Crippen LogP contribution in [0.1, 0.15) is 47.2 Å². The predicted octanol–water partition coefficient (Wildman–Crippen LogP) is 6.55. The van der Waals surface area contributed by atoms with Gasteiger partial charge in [0.05, 0.1) is 12.2 Å². The number of carbonyl (C=O) groups excluding carboxylic acids is 1. The van der Waals surface area contributed by atoms with Gasteiger partial charge in [-0.1, -0.05) is 18.7 Å². The second-order valence-corrected chi connectivity index (χ2v) is 7.78. The quantitative estimate of drug-likeness (QED) is 0.240. The van der Waals surface area contributed by atoms with Crippen molar-refractivity contribution in [1.82, 2.24) is 0 Å². The van der Waals surface area contributed by atoms with Crippen LogP contribution in [0.4, 0.5) is 26.3 Å². The zero-order valence-corrected chi connectivity index (χ0v) is 18.1.